The van der Waals surface area contributed by atoms with Gasteiger partial charge in [0.1, 0.15) is 17.5 Å². The van der Waals surface area contributed by atoms with Crippen LogP contribution in [0.5, 0.6) is 0 Å². The summed E-state index contributed by atoms with van der Waals surface area (Å²) < 4.78 is 26.8. The molecule has 0 saturated carbocycles. The highest BCUT2D eigenvalue weighted by atomic mass is 19.1. The molecule has 0 atom stereocenters. The summed E-state index contributed by atoms with van der Waals surface area (Å²) in [6.45, 7) is 1.79. The minimum Gasteiger partial charge on any atom is -0.478 e. The van der Waals surface area contributed by atoms with E-state index in [0.29, 0.717) is 24.4 Å². The number of anilines is 1. The predicted molar refractivity (Wildman–Crippen MR) is 67.0 cm³/mol. The number of nitrogens with zero attached hydrogens (tertiary/aromatic N) is 2. The Morgan fingerprint density at radius 3 is 2.62 bits per heavy atom. The number of carboxylic acid groups (broad SMARTS) is 1. The highest BCUT2D eigenvalue weighted by Gasteiger charge is 2.19. The van der Waals surface area contributed by atoms with Crippen LogP contribution in [0.25, 0.3) is 0 Å². The van der Waals surface area contributed by atoms with Crippen molar-refractivity contribution in [1.82, 2.24) is 15.2 Å². The van der Waals surface area contributed by atoms with Crippen molar-refractivity contribution in [3.63, 3.8) is 0 Å². The number of aryl methyl sites for hydroxylation is 1. The molecule has 0 aliphatic heterocycles. The van der Waals surface area contributed by atoms with E-state index in [4.69, 9.17) is 5.11 Å². The third-order valence-electron chi connectivity index (χ3n) is 2.61. The van der Waals surface area contributed by atoms with Crippen LogP contribution in [0, 0.1) is 11.6 Å². The van der Waals surface area contributed by atoms with Crippen molar-refractivity contribution >= 4 is 17.6 Å². The van der Waals surface area contributed by atoms with Crippen LogP contribution in [0.1, 0.15) is 33.7 Å². The van der Waals surface area contributed by atoms with E-state index in [2.05, 4.69) is 20.5 Å². The van der Waals surface area contributed by atoms with Crippen molar-refractivity contribution in [3.05, 3.63) is 41.0 Å². The summed E-state index contributed by atoms with van der Waals surface area (Å²) in [5.41, 5.74) is -1.22. The number of carboxylic acids is 1. The first-order chi connectivity index (χ1) is 9.92. The molecular weight excluding hydrogens is 286 g/mol. The van der Waals surface area contributed by atoms with Gasteiger partial charge in [-0.15, -0.1) is 5.10 Å². The Morgan fingerprint density at radius 2 is 2.05 bits per heavy atom. The summed E-state index contributed by atoms with van der Waals surface area (Å²) in [6.07, 6.45) is 0.522. The topological polar surface area (TPSA) is 108 Å². The molecule has 2 aromatic rings. The third-order valence-corrected chi connectivity index (χ3v) is 2.61. The van der Waals surface area contributed by atoms with E-state index in [-0.39, 0.29) is 5.82 Å². The molecule has 3 N–H and O–H groups in total. The summed E-state index contributed by atoms with van der Waals surface area (Å²) in [5, 5.41) is 17.0. The lowest BCUT2D eigenvalue weighted by atomic mass is 10.2. The van der Waals surface area contributed by atoms with Gasteiger partial charge in [-0.05, 0) is 6.07 Å². The van der Waals surface area contributed by atoms with Gasteiger partial charge < -0.3 is 10.4 Å². The summed E-state index contributed by atoms with van der Waals surface area (Å²) in [7, 11) is 0. The molecular formula is C12H10F2N4O3. The standard InChI is InChI=1S/C12H10F2N4O3/c1-2-9-16-10(18-17-9)11(19)15-8-3-5(12(20)21)6(13)4-7(8)14/h3-4H,2H2,1H3,(H,15,19)(H,20,21)(H,16,17,18). The maximum absolute atomic E-state index is 13.5. The van der Waals surface area contributed by atoms with Crippen molar-refractivity contribution in [3.8, 4) is 0 Å². The van der Waals surface area contributed by atoms with Crippen LogP contribution >= 0.6 is 0 Å². The highest BCUT2D eigenvalue weighted by Crippen LogP contribution is 2.20. The van der Waals surface area contributed by atoms with E-state index < -0.39 is 34.8 Å². The van der Waals surface area contributed by atoms with Gasteiger partial charge in [-0.1, -0.05) is 6.92 Å². The zero-order valence-electron chi connectivity index (χ0n) is 10.8. The molecule has 1 amide bonds. The van der Waals surface area contributed by atoms with Gasteiger partial charge in [0.25, 0.3) is 5.91 Å². The van der Waals surface area contributed by atoms with Gasteiger partial charge in [-0.3, -0.25) is 9.89 Å². The van der Waals surface area contributed by atoms with Gasteiger partial charge in [-0.25, -0.2) is 18.6 Å². The smallest absolute Gasteiger partial charge is 0.338 e. The molecule has 0 unspecified atom stereocenters. The zero-order chi connectivity index (χ0) is 15.6. The molecule has 9 heteroatoms. The SMILES string of the molecule is CCc1nc(C(=O)Nc2cc(C(=O)O)c(F)cc2F)n[nH]1. The molecule has 2 rings (SSSR count). The lowest BCUT2D eigenvalue weighted by Gasteiger charge is -2.06. The Labute approximate surface area is 117 Å². The van der Waals surface area contributed by atoms with Crippen LogP contribution in [-0.4, -0.2) is 32.2 Å². The summed E-state index contributed by atoms with van der Waals surface area (Å²) in [5.74, 6) is -4.51. The first-order valence-electron chi connectivity index (χ1n) is 5.87. The lowest BCUT2D eigenvalue weighted by molar-refractivity contribution is 0.0691. The third kappa shape index (κ3) is 3.02. The monoisotopic (exact) mass is 296 g/mol. The fourth-order valence-corrected chi connectivity index (χ4v) is 1.54. The number of hydrogen-bond acceptors (Lipinski definition) is 4. The predicted octanol–water partition coefficient (Wildman–Crippen LogP) is 1.60. The largest absolute Gasteiger partial charge is 0.478 e. The molecule has 0 aliphatic rings. The van der Waals surface area contributed by atoms with E-state index in [1.54, 1.807) is 6.92 Å². The van der Waals surface area contributed by atoms with Crippen LogP contribution in [0.3, 0.4) is 0 Å². The molecule has 1 heterocycles. The van der Waals surface area contributed by atoms with Crippen molar-refractivity contribution in [1.29, 1.82) is 0 Å². The number of nitrogens with one attached hydrogen (secondary N) is 2. The number of H-pyrrole nitrogens is 1. The number of hydrogen-bond donors (Lipinski definition) is 3. The van der Waals surface area contributed by atoms with Gasteiger partial charge in [0.05, 0.1) is 11.3 Å². The van der Waals surface area contributed by atoms with E-state index in [9.17, 15) is 18.4 Å². The normalized spacial score (nSPS) is 10.4. The first kappa shape index (κ1) is 14.6. The summed E-state index contributed by atoms with van der Waals surface area (Å²) in [6, 6.07) is 1.08. The van der Waals surface area contributed by atoms with Crippen molar-refractivity contribution < 1.29 is 23.5 Å². The minimum atomic E-state index is -1.57. The molecule has 0 bridgehead atoms. The van der Waals surface area contributed by atoms with Crippen LogP contribution in [0.2, 0.25) is 0 Å². The zero-order valence-corrected chi connectivity index (χ0v) is 10.8. The first-order valence-corrected chi connectivity index (χ1v) is 5.87. The Kier molecular flexibility index (Phi) is 3.92. The number of halogens is 2. The molecule has 0 radical (unpaired) electrons. The number of rotatable bonds is 4. The van der Waals surface area contributed by atoms with E-state index in [1.807, 2.05) is 0 Å². The molecule has 0 aliphatic carbocycles. The maximum Gasteiger partial charge on any atom is 0.338 e. The highest BCUT2D eigenvalue weighted by molar-refractivity contribution is 6.02. The Hall–Kier alpha value is -2.84. The molecule has 0 saturated heterocycles. The number of aromatic nitrogens is 3. The van der Waals surface area contributed by atoms with Crippen LogP contribution < -0.4 is 5.32 Å². The molecule has 110 valence electrons. The van der Waals surface area contributed by atoms with E-state index >= 15 is 0 Å². The van der Waals surface area contributed by atoms with Gasteiger partial charge >= 0.3 is 5.97 Å². The number of aromatic amines is 1. The number of amides is 1. The van der Waals surface area contributed by atoms with E-state index in [1.165, 1.54) is 0 Å². The number of aromatic carboxylic acids is 1. The van der Waals surface area contributed by atoms with Crippen molar-refractivity contribution in [2.75, 3.05) is 5.32 Å². The van der Waals surface area contributed by atoms with Crippen molar-refractivity contribution in [2.24, 2.45) is 0 Å². The molecule has 0 fully saturated rings. The second-order valence-corrected chi connectivity index (χ2v) is 4.03. The van der Waals surface area contributed by atoms with Crippen LogP contribution in [0.4, 0.5) is 14.5 Å². The summed E-state index contributed by atoms with van der Waals surface area (Å²) in [4.78, 5) is 26.4. The fourth-order valence-electron chi connectivity index (χ4n) is 1.54. The molecule has 0 spiro atoms. The lowest BCUT2D eigenvalue weighted by Crippen LogP contribution is -2.16. The molecule has 1 aromatic heterocycles. The van der Waals surface area contributed by atoms with Crippen LogP contribution in [0.15, 0.2) is 12.1 Å². The Morgan fingerprint density at radius 1 is 1.33 bits per heavy atom. The number of carbonyl (C=O) groups is 2. The maximum atomic E-state index is 13.5. The Bertz CT molecular complexity index is 715. The summed E-state index contributed by atoms with van der Waals surface area (Å²) >= 11 is 0. The average Bonchev–Trinajstić information content (AvgIpc) is 2.90. The van der Waals surface area contributed by atoms with E-state index in [0.717, 1.165) is 0 Å². The van der Waals surface area contributed by atoms with Gasteiger partial charge in [0, 0.05) is 12.5 Å². The van der Waals surface area contributed by atoms with Crippen molar-refractivity contribution in [2.45, 2.75) is 13.3 Å². The second-order valence-electron chi connectivity index (χ2n) is 4.03. The van der Waals surface area contributed by atoms with Gasteiger partial charge in [-0.2, -0.15) is 0 Å². The molecule has 1 aromatic carbocycles. The fraction of sp³-hybridized carbons (Fsp3) is 0.167. The van der Waals surface area contributed by atoms with Gasteiger partial charge in [0.2, 0.25) is 5.82 Å². The average molecular weight is 296 g/mol. The van der Waals surface area contributed by atoms with Gasteiger partial charge in [0.15, 0.2) is 0 Å². The molecule has 7 nitrogen and oxygen atoms in total. The molecule has 21 heavy (non-hydrogen) atoms. The quantitative estimate of drug-likeness (QED) is 0.794. The second kappa shape index (κ2) is 5.65. The van der Waals surface area contributed by atoms with Crippen LogP contribution in [-0.2, 0) is 6.42 Å². The minimum absolute atomic E-state index is 0.229. The number of benzene rings is 1. The number of carbonyl (C=O) groups excluding carboxylic acids is 1. The Balaban J connectivity index is 2.28.